The maximum atomic E-state index is 11.1. The van der Waals surface area contributed by atoms with E-state index in [0.717, 1.165) is 16.8 Å². The van der Waals surface area contributed by atoms with Gasteiger partial charge < -0.3 is 15.1 Å². The summed E-state index contributed by atoms with van der Waals surface area (Å²) in [5.74, 6) is -0.658. The summed E-state index contributed by atoms with van der Waals surface area (Å²) < 4.78 is 0. The first-order valence-electron chi connectivity index (χ1n) is 6.80. The molecule has 21 heavy (non-hydrogen) atoms. The monoisotopic (exact) mass is 285 g/mol. The smallest absolute Gasteiger partial charge is 0.326 e. The molecule has 2 aromatic rings. The summed E-state index contributed by atoms with van der Waals surface area (Å²) in [6, 6.07) is 14.4. The molecule has 0 unspecified atom stereocenters. The third-order valence-electron chi connectivity index (χ3n) is 3.65. The molecule has 0 radical (unpaired) electrons. The van der Waals surface area contributed by atoms with Crippen LogP contribution in [0.2, 0.25) is 0 Å². The van der Waals surface area contributed by atoms with Gasteiger partial charge in [0.05, 0.1) is 0 Å². The second kappa shape index (κ2) is 6.31. The van der Waals surface area contributed by atoms with Crippen molar-refractivity contribution < 1.29 is 15.0 Å². The highest BCUT2D eigenvalue weighted by Gasteiger charge is 2.18. The summed E-state index contributed by atoms with van der Waals surface area (Å²) >= 11 is 0. The fourth-order valence-corrected chi connectivity index (χ4v) is 2.14. The van der Waals surface area contributed by atoms with Crippen molar-refractivity contribution in [2.75, 3.05) is 11.9 Å². The van der Waals surface area contributed by atoms with Crippen molar-refractivity contribution >= 4 is 11.7 Å². The largest absolute Gasteiger partial charge is 0.508 e. The van der Waals surface area contributed by atoms with E-state index in [0.29, 0.717) is 6.42 Å². The number of hydrogen-bond acceptors (Lipinski definition) is 3. The first-order chi connectivity index (χ1) is 9.99. The van der Waals surface area contributed by atoms with Crippen molar-refractivity contribution in [3.8, 4) is 5.75 Å². The van der Waals surface area contributed by atoms with Gasteiger partial charge in [-0.2, -0.15) is 0 Å². The van der Waals surface area contributed by atoms with Gasteiger partial charge in [0.25, 0.3) is 0 Å². The predicted molar refractivity (Wildman–Crippen MR) is 82.9 cm³/mol. The molecule has 0 aromatic heterocycles. The molecule has 1 atom stereocenters. The Labute approximate surface area is 124 Å². The molecular formula is C17H19NO3. The molecule has 0 aliphatic rings. The molecule has 0 saturated carbocycles. The number of phenolic OH excluding ortho intramolecular Hbond substituents is 1. The minimum Gasteiger partial charge on any atom is -0.508 e. The maximum absolute atomic E-state index is 11.1. The van der Waals surface area contributed by atoms with Crippen LogP contribution in [0, 0.1) is 0 Å². The number of aromatic hydroxyl groups is 1. The molecule has 0 bridgehead atoms. The Morgan fingerprint density at radius 3 is 2.48 bits per heavy atom. The number of aliphatic carboxylic acids is 1. The minimum atomic E-state index is -0.879. The third kappa shape index (κ3) is 3.54. The standard InChI is InChI=1S/C17H19NO3/c1-12(17(20)21)18(2)15-8-9-16(19)14(11-15)10-13-6-4-3-5-7-13/h3-9,11-12,19H,10H2,1-2H3,(H,20,21)/t12-/m0/s1. The van der Waals surface area contributed by atoms with Crippen LogP contribution >= 0.6 is 0 Å². The molecule has 0 saturated heterocycles. The molecule has 110 valence electrons. The van der Waals surface area contributed by atoms with Crippen LogP contribution in [0.4, 0.5) is 5.69 Å². The van der Waals surface area contributed by atoms with E-state index in [4.69, 9.17) is 5.11 Å². The quantitative estimate of drug-likeness (QED) is 0.886. The van der Waals surface area contributed by atoms with Gasteiger partial charge >= 0.3 is 5.97 Å². The van der Waals surface area contributed by atoms with Crippen LogP contribution in [-0.4, -0.2) is 29.3 Å². The summed E-state index contributed by atoms with van der Waals surface area (Å²) in [7, 11) is 1.73. The van der Waals surface area contributed by atoms with Crippen LogP contribution in [0.15, 0.2) is 48.5 Å². The lowest BCUT2D eigenvalue weighted by Crippen LogP contribution is -2.35. The molecule has 2 aromatic carbocycles. The summed E-state index contributed by atoms with van der Waals surface area (Å²) in [5, 5.41) is 19.1. The molecule has 2 N–H and O–H groups in total. The predicted octanol–water partition coefficient (Wildman–Crippen LogP) is 2.89. The zero-order chi connectivity index (χ0) is 15.4. The number of rotatable bonds is 5. The number of hydrogen-bond donors (Lipinski definition) is 2. The number of benzene rings is 2. The van der Waals surface area contributed by atoms with Gasteiger partial charge in [-0.25, -0.2) is 4.79 Å². The highest BCUT2D eigenvalue weighted by atomic mass is 16.4. The lowest BCUT2D eigenvalue weighted by atomic mass is 10.0. The van der Waals surface area contributed by atoms with E-state index in [1.165, 1.54) is 0 Å². The van der Waals surface area contributed by atoms with Crippen LogP contribution in [0.25, 0.3) is 0 Å². The van der Waals surface area contributed by atoms with Crippen LogP contribution < -0.4 is 4.90 Å². The normalized spacial score (nSPS) is 11.9. The fourth-order valence-electron chi connectivity index (χ4n) is 2.14. The van der Waals surface area contributed by atoms with E-state index in [9.17, 15) is 9.90 Å². The maximum Gasteiger partial charge on any atom is 0.326 e. The summed E-state index contributed by atoms with van der Waals surface area (Å²) in [5.41, 5.74) is 2.65. The molecule has 2 rings (SSSR count). The molecule has 4 nitrogen and oxygen atoms in total. The van der Waals surface area contributed by atoms with Gasteiger partial charge in [-0.1, -0.05) is 30.3 Å². The van der Waals surface area contributed by atoms with Crippen molar-refractivity contribution in [1.29, 1.82) is 0 Å². The van der Waals surface area contributed by atoms with Crippen molar-refractivity contribution in [2.24, 2.45) is 0 Å². The summed E-state index contributed by atoms with van der Waals surface area (Å²) in [6.45, 7) is 1.63. The topological polar surface area (TPSA) is 60.8 Å². The Hall–Kier alpha value is -2.49. The Bertz CT molecular complexity index is 625. The summed E-state index contributed by atoms with van der Waals surface area (Å²) in [6.07, 6.45) is 0.607. The molecule has 0 aliphatic heterocycles. The van der Waals surface area contributed by atoms with Crippen LogP contribution in [0.5, 0.6) is 5.75 Å². The van der Waals surface area contributed by atoms with Crippen LogP contribution in [0.1, 0.15) is 18.1 Å². The zero-order valence-electron chi connectivity index (χ0n) is 12.2. The van der Waals surface area contributed by atoms with Gasteiger partial charge in [-0.05, 0) is 30.7 Å². The van der Waals surface area contributed by atoms with Gasteiger partial charge in [-0.3, -0.25) is 0 Å². The van der Waals surface area contributed by atoms with Gasteiger partial charge in [0.1, 0.15) is 11.8 Å². The number of nitrogens with zero attached hydrogens (tertiary/aromatic N) is 1. The van der Waals surface area contributed by atoms with Gasteiger partial charge in [0.15, 0.2) is 0 Å². The third-order valence-corrected chi connectivity index (χ3v) is 3.65. The van der Waals surface area contributed by atoms with Gasteiger partial charge in [0.2, 0.25) is 0 Å². The van der Waals surface area contributed by atoms with E-state index in [1.54, 1.807) is 31.0 Å². The van der Waals surface area contributed by atoms with Crippen LogP contribution in [-0.2, 0) is 11.2 Å². The van der Waals surface area contributed by atoms with E-state index in [2.05, 4.69) is 0 Å². The highest BCUT2D eigenvalue weighted by molar-refractivity contribution is 5.77. The Balaban J connectivity index is 2.27. The minimum absolute atomic E-state index is 0.221. The lowest BCUT2D eigenvalue weighted by Gasteiger charge is -2.24. The van der Waals surface area contributed by atoms with E-state index in [1.807, 2.05) is 36.4 Å². The van der Waals surface area contributed by atoms with E-state index < -0.39 is 12.0 Å². The molecular weight excluding hydrogens is 266 g/mol. The summed E-state index contributed by atoms with van der Waals surface area (Å²) in [4.78, 5) is 12.7. The first kappa shape index (κ1) is 14.9. The second-order valence-electron chi connectivity index (χ2n) is 5.10. The molecule has 0 aliphatic carbocycles. The van der Waals surface area contributed by atoms with Gasteiger partial charge in [-0.15, -0.1) is 0 Å². The van der Waals surface area contributed by atoms with Crippen molar-refractivity contribution in [1.82, 2.24) is 0 Å². The molecule has 0 fully saturated rings. The Morgan fingerprint density at radius 1 is 1.19 bits per heavy atom. The molecule has 0 heterocycles. The number of likely N-dealkylation sites (N-methyl/N-ethyl adjacent to an activating group) is 1. The zero-order valence-corrected chi connectivity index (χ0v) is 12.2. The van der Waals surface area contributed by atoms with Crippen molar-refractivity contribution in [3.63, 3.8) is 0 Å². The number of phenols is 1. The van der Waals surface area contributed by atoms with E-state index in [-0.39, 0.29) is 5.75 Å². The van der Waals surface area contributed by atoms with Crippen molar-refractivity contribution in [3.05, 3.63) is 59.7 Å². The number of carbonyl (C=O) groups is 1. The average Bonchev–Trinajstić information content (AvgIpc) is 2.49. The lowest BCUT2D eigenvalue weighted by molar-refractivity contribution is -0.138. The number of carboxylic acids is 1. The highest BCUT2D eigenvalue weighted by Crippen LogP contribution is 2.26. The number of anilines is 1. The molecule has 4 heteroatoms. The fraction of sp³-hybridized carbons (Fsp3) is 0.235. The Kier molecular flexibility index (Phi) is 4.48. The first-order valence-corrected chi connectivity index (χ1v) is 6.80. The van der Waals surface area contributed by atoms with Gasteiger partial charge in [0, 0.05) is 24.7 Å². The second-order valence-corrected chi connectivity index (χ2v) is 5.10. The average molecular weight is 285 g/mol. The molecule has 0 spiro atoms. The van der Waals surface area contributed by atoms with Crippen molar-refractivity contribution in [2.45, 2.75) is 19.4 Å². The SMILES string of the molecule is C[C@@H](C(=O)O)N(C)c1ccc(O)c(Cc2ccccc2)c1. The number of carboxylic acid groups (broad SMARTS) is 1. The molecule has 0 amide bonds. The Morgan fingerprint density at radius 2 is 1.86 bits per heavy atom. The van der Waals surface area contributed by atoms with Crippen LogP contribution in [0.3, 0.4) is 0 Å². The van der Waals surface area contributed by atoms with E-state index >= 15 is 0 Å².